The van der Waals surface area contributed by atoms with Gasteiger partial charge >= 0.3 is 154 Å². The summed E-state index contributed by atoms with van der Waals surface area (Å²) in [5, 5.41) is 2.69. The fraction of sp³-hybridized carbons (Fsp3) is 0.443. The first-order chi connectivity index (χ1) is 38.9. The van der Waals surface area contributed by atoms with Crippen molar-refractivity contribution in [1.29, 1.82) is 0 Å². The first-order valence-electron chi connectivity index (χ1n) is 32.1. The van der Waals surface area contributed by atoms with Crippen LogP contribution in [0, 0.1) is 36.7 Å². The first kappa shape index (κ1) is 48.4. The van der Waals surface area contributed by atoms with E-state index in [1.807, 2.05) is 51.2 Å². The smallest absolute Gasteiger partial charge is 0.0599 e. The van der Waals surface area contributed by atoms with Crippen LogP contribution in [0.3, 0.4) is 0 Å². The molecule has 0 saturated heterocycles. The summed E-state index contributed by atoms with van der Waals surface area (Å²) in [7, 11) is -1.96. The van der Waals surface area contributed by atoms with Gasteiger partial charge in [0.25, 0.3) is 0 Å². The van der Waals surface area contributed by atoms with Crippen LogP contribution in [0.4, 0.5) is 0 Å². The maximum atomic E-state index is 9.66. The predicted molar refractivity (Wildman–Crippen MR) is 333 cm³/mol. The fourth-order valence-electron chi connectivity index (χ4n) is 10.6. The van der Waals surface area contributed by atoms with Gasteiger partial charge in [-0.3, -0.25) is 0 Å². The van der Waals surface area contributed by atoms with E-state index in [-0.39, 0.29) is 59.7 Å². The molecule has 4 nitrogen and oxygen atoms in total. The van der Waals surface area contributed by atoms with Gasteiger partial charge in [0.15, 0.2) is 0 Å². The van der Waals surface area contributed by atoms with E-state index in [1.54, 1.807) is 6.07 Å². The van der Waals surface area contributed by atoms with Crippen LogP contribution in [0.15, 0.2) is 102 Å². The summed E-state index contributed by atoms with van der Waals surface area (Å²) >= 11 is -1.84. The van der Waals surface area contributed by atoms with Crippen molar-refractivity contribution in [2.75, 3.05) is 0 Å². The topological polar surface area (TPSA) is 51.8 Å². The van der Waals surface area contributed by atoms with Crippen LogP contribution < -0.4 is 9.58 Å². The van der Waals surface area contributed by atoms with Crippen molar-refractivity contribution in [2.45, 2.75) is 189 Å². The number of rotatable bonds is 10. The second-order valence-electron chi connectivity index (χ2n) is 27.0. The fourth-order valence-corrected chi connectivity index (χ4v) is 14.5. The molecule has 4 aromatic carbocycles. The molecular weight excluding hydrogens is 1190 g/mol. The SMILES string of the molecule is [2H]C([2H])([2H])c1ccc2c(n1)oc1c(-c3cc(-c4c(C(C)C)cc(C5([2H])CCC(C)(C)CC5)cc4C(C)C)c(C([2H])([2H])[2H])cn3)[c-]cc([Si](C)(C)C)c12.[2H]C([2H])(c1cc(-c2[c-]ccc(-c3cc[c]([Ge]([CH3])([CH3])[CH3])cc3)c2)ncc1C(C)(C)C)C(C)(C)C.[Ir]. The van der Waals surface area contributed by atoms with Crippen LogP contribution in [0.2, 0.25) is 36.9 Å². The van der Waals surface area contributed by atoms with Crippen molar-refractivity contribution in [2.24, 2.45) is 10.8 Å². The summed E-state index contributed by atoms with van der Waals surface area (Å²) in [6.07, 6.45) is 5.37. The van der Waals surface area contributed by atoms with Crippen LogP contribution in [-0.4, -0.2) is 36.3 Å². The Bertz CT molecular complexity index is 3740. The van der Waals surface area contributed by atoms with Crippen LogP contribution >= 0.6 is 0 Å². The Morgan fingerprint density at radius 3 is 2.03 bits per heavy atom. The van der Waals surface area contributed by atoms with E-state index in [4.69, 9.17) is 25.4 Å². The number of fused-ring (bicyclic) bond motifs is 3. The van der Waals surface area contributed by atoms with Crippen molar-refractivity contribution in [3.05, 3.63) is 149 Å². The van der Waals surface area contributed by atoms with Gasteiger partial charge in [0.2, 0.25) is 5.71 Å². The number of hydrogen-bond acceptors (Lipinski definition) is 4. The Balaban J connectivity index is 0.000000269. The zero-order valence-corrected chi connectivity index (χ0v) is 54.8. The van der Waals surface area contributed by atoms with Crippen LogP contribution in [-0.2, 0) is 31.9 Å². The average Bonchev–Trinajstić information content (AvgIpc) is 1.36. The van der Waals surface area contributed by atoms with E-state index in [0.29, 0.717) is 28.0 Å². The summed E-state index contributed by atoms with van der Waals surface area (Å²) in [6.45, 7) is 27.2. The molecule has 77 heavy (non-hydrogen) atoms. The van der Waals surface area contributed by atoms with Crippen LogP contribution in [0.25, 0.3) is 66.8 Å². The zero-order valence-electron chi connectivity index (χ0n) is 58.3. The van der Waals surface area contributed by atoms with Crippen LogP contribution in [0.1, 0.15) is 178 Å². The second kappa shape index (κ2) is 23.0. The monoisotopic (exact) mass is 1290 g/mol. The molecule has 7 heteroatoms. The number of benzene rings is 4. The molecule has 1 aliphatic carbocycles. The van der Waals surface area contributed by atoms with Gasteiger partial charge in [-0.05, 0) is 114 Å². The molecule has 0 bridgehead atoms. The molecule has 9 rings (SSSR count). The van der Waals surface area contributed by atoms with E-state index in [0.717, 1.165) is 86.3 Å². The van der Waals surface area contributed by atoms with Gasteiger partial charge in [-0.25, -0.2) is 4.98 Å². The summed E-state index contributed by atoms with van der Waals surface area (Å²) in [5.74, 6) is 6.63. The summed E-state index contributed by atoms with van der Waals surface area (Å²) in [6, 6.07) is 35.3. The Morgan fingerprint density at radius 2 is 1.45 bits per heavy atom. The van der Waals surface area contributed by atoms with Crippen molar-refractivity contribution < 1.29 is 36.9 Å². The molecule has 1 fully saturated rings. The third-order valence-electron chi connectivity index (χ3n) is 15.1. The van der Waals surface area contributed by atoms with Gasteiger partial charge < -0.3 is 9.40 Å². The minimum atomic E-state index is -2.44. The van der Waals surface area contributed by atoms with E-state index < -0.39 is 52.7 Å². The molecule has 0 atom stereocenters. The number of nitrogens with zero attached hydrogens (tertiary/aromatic N) is 3. The molecule has 0 aliphatic heterocycles. The molecule has 1 radical (unpaired) electrons. The van der Waals surface area contributed by atoms with Crippen molar-refractivity contribution in [3.63, 3.8) is 0 Å². The summed E-state index contributed by atoms with van der Waals surface area (Å²) < 4.78 is 85.2. The first-order valence-corrected chi connectivity index (χ1v) is 38.4. The van der Waals surface area contributed by atoms with Gasteiger partial charge in [-0.1, -0.05) is 132 Å². The quantitative estimate of drug-likeness (QED) is 0.101. The maximum absolute atomic E-state index is 9.66. The molecule has 0 unspecified atom stereocenters. The minimum absolute atomic E-state index is 0. The molecule has 409 valence electrons. The molecule has 0 amide bonds. The normalized spacial score (nSPS) is 17.2. The van der Waals surface area contributed by atoms with E-state index in [1.165, 1.54) is 22.2 Å². The molecule has 1 aliphatic rings. The average molecular weight is 1290 g/mol. The molecule has 4 aromatic heterocycles. The minimum Gasteiger partial charge on any atom is -0.0599 e. The van der Waals surface area contributed by atoms with E-state index in [9.17, 15) is 1.37 Å². The molecule has 8 aromatic rings. The standard InChI is InChI=1S/C41H51N2OSi.C29H38GeN.Ir/c1-24(2)32-20-29(28-16-18-41(7,8)19-17-28)21-33(25(3)4)37(32)34-22-35(42-23-26(34)5)30-14-15-36(45(9,10)11)38-31-13-12-27(6)43-40(31)44-39(30)38;1-28(2,3)19-24-18-27(31-20-26(24)29(4,5)6)23-12-10-11-22(17-23)21-13-15-25(16-14-21)30(7,8)9;/h12-13,15,20-25,28H,16-19H2,1-11H3;10-11,13-18,20H,19H2,1-9H3;/q2*-1;/i5D3,6D3,28D;19D2;. The van der Waals surface area contributed by atoms with Gasteiger partial charge in [0.05, 0.1) is 5.58 Å². The van der Waals surface area contributed by atoms with Crippen LogP contribution in [0.5, 0.6) is 0 Å². The number of furan rings is 1. The third-order valence-corrected chi connectivity index (χ3v) is 21.4. The summed E-state index contributed by atoms with van der Waals surface area (Å²) in [4.78, 5) is 14.0. The van der Waals surface area contributed by atoms with Gasteiger partial charge in [0, 0.05) is 55.1 Å². The Hall–Kier alpha value is -4.46. The Labute approximate surface area is 494 Å². The number of pyridine rings is 3. The third kappa shape index (κ3) is 13.8. The molecular formula is C70H89GeIrN3OSi-2. The zero-order chi connectivity index (χ0) is 63.2. The second-order valence-corrected chi connectivity index (χ2v) is 42.7. The van der Waals surface area contributed by atoms with Gasteiger partial charge in [-0.15, -0.1) is 17.3 Å². The number of aromatic nitrogens is 3. The summed E-state index contributed by atoms with van der Waals surface area (Å²) in [5.41, 5.74) is 11.5. The van der Waals surface area contributed by atoms with Gasteiger partial charge in [-0.2, -0.15) is 0 Å². The number of hydrogen-bond donors (Lipinski definition) is 0. The molecule has 4 heterocycles. The predicted octanol–water partition coefficient (Wildman–Crippen LogP) is 19.2. The Morgan fingerprint density at radius 1 is 0.805 bits per heavy atom. The van der Waals surface area contributed by atoms with Crippen molar-refractivity contribution >= 4 is 53.0 Å². The van der Waals surface area contributed by atoms with Crippen molar-refractivity contribution in [3.8, 4) is 44.8 Å². The molecule has 0 N–H and O–H groups in total. The van der Waals surface area contributed by atoms with Gasteiger partial charge in [0.1, 0.15) is 0 Å². The number of aryl methyl sites for hydroxylation is 2. The van der Waals surface area contributed by atoms with Crippen molar-refractivity contribution in [1.82, 2.24) is 15.0 Å². The van der Waals surface area contributed by atoms with E-state index >= 15 is 0 Å². The molecule has 0 spiro atoms. The molecule has 1 saturated carbocycles. The van der Waals surface area contributed by atoms with E-state index in [2.05, 4.69) is 165 Å². The Kier molecular flexibility index (Phi) is 14.4.